The number of para-hydroxylation sites is 1. The van der Waals surface area contributed by atoms with E-state index in [-0.39, 0.29) is 11.4 Å². The van der Waals surface area contributed by atoms with E-state index in [1.165, 1.54) is 0 Å². The average molecular weight is 291 g/mol. The molecule has 1 N–H and O–H groups in total. The minimum absolute atomic E-state index is 0.177. The number of benzene rings is 1. The quantitative estimate of drug-likeness (QED) is 0.917. The topological polar surface area (TPSA) is 42.0 Å². The van der Waals surface area contributed by atoms with Crippen molar-refractivity contribution in [2.45, 2.75) is 39.2 Å². The summed E-state index contributed by atoms with van der Waals surface area (Å²) in [4.78, 5) is 16.7. The van der Waals surface area contributed by atoms with Crippen LogP contribution in [0.2, 0.25) is 5.02 Å². The maximum atomic E-state index is 12.3. The molecule has 0 unspecified atom stereocenters. The van der Waals surface area contributed by atoms with E-state index in [0.29, 0.717) is 10.7 Å². The van der Waals surface area contributed by atoms with Crippen molar-refractivity contribution in [3.63, 3.8) is 0 Å². The SMILES string of the molecule is CCC(C)(CC)NC(=O)c1cc(Cl)c2ccccc2n1. The summed E-state index contributed by atoms with van der Waals surface area (Å²) in [6, 6.07) is 9.17. The summed E-state index contributed by atoms with van der Waals surface area (Å²) in [5.74, 6) is -0.177. The number of rotatable bonds is 4. The van der Waals surface area contributed by atoms with Gasteiger partial charge in [-0.2, -0.15) is 0 Å². The van der Waals surface area contributed by atoms with Crippen molar-refractivity contribution in [2.24, 2.45) is 0 Å². The Kier molecular flexibility index (Phi) is 4.29. The molecule has 20 heavy (non-hydrogen) atoms. The predicted molar refractivity (Wildman–Crippen MR) is 83.2 cm³/mol. The van der Waals surface area contributed by atoms with E-state index in [2.05, 4.69) is 24.1 Å². The third kappa shape index (κ3) is 2.93. The second kappa shape index (κ2) is 5.80. The van der Waals surface area contributed by atoms with Gasteiger partial charge in [0.25, 0.3) is 5.91 Å². The number of pyridine rings is 1. The van der Waals surface area contributed by atoms with E-state index in [1.807, 2.05) is 31.2 Å². The van der Waals surface area contributed by atoms with Gasteiger partial charge in [-0.25, -0.2) is 4.98 Å². The molecule has 0 fully saturated rings. The molecule has 2 aromatic rings. The molecule has 0 atom stereocenters. The molecule has 2 rings (SSSR count). The van der Waals surface area contributed by atoms with Gasteiger partial charge >= 0.3 is 0 Å². The highest BCUT2D eigenvalue weighted by atomic mass is 35.5. The van der Waals surface area contributed by atoms with Crippen molar-refractivity contribution >= 4 is 28.4 Å². The molecule has 0 saturated carbocycles. The average Bonchev–Trinajstić information content (AvgIpc) is 2.47. The van der Waals surface area contributed by atoms with E-state index in [4.69, 9.17) is 11.6 Å². The molecule has 4 heteroatoms. The molecule has 1 aromatic carbocycles. The number of hydrogen-bond donors (Lipinski definition) is 1. The number of nitrogens with one attached hydrogen (secondary N) is 1. The Balaban J connectivity index is 2.36. The highest BCUT2D eigenvalue weighted by Gasteiger charge is 2.23. The standard InChI is InChI=1S/C16H19ClN2O/c1-4-16(3,5-2)19-15(20)14-10-12(17)11-8-6-7-9-13(11)18-14/h6-10H,4-5H2,1-3H3,(H,19,20). The van der Waals surface area contributed by atoms with Gasteiger partial charge in [-0.3, -0.25) is 4.79 Å². The number of nitrogens with zero attached hydrogens (tertiary/aromatic N) is 1. The number of halogens is 1. The lowest BCUT2D eigenvalue weighted by Gasteiger charge is -2.28. The summed E-state index contributed by atoms with van der Waals surface area (Å²) in [6.45, 7) is 6.16. The maximum absolute atomic E-state index is 12.3. The molecule has 3 nitrogen and oxygen atoms in total. The van der Waals surface area contributed by atoms with Gasteiger partial charge in [-0.15, -0.1) is 0 Å². The summed E-state index contributed by atoms with van der Waals surface area (Å²) < 4.78 is 0. The van der Waals surface area contributed by atoms with E-state index in [9.17, 15) is 4.79 Å². The van der Waals surface area contributed by atoms with E-state index in [0.717, 1.165) is 23.7 Å². The van der Waals surface area contributed by atoms with E-state index >= 15 is 0 Å². The predicted octanol–water partition coefficient (Wildman–Crippen LogP) is 4.20. The summed E-state index contributed by atoms with van der Waals surface area (Å²) in [5.41, 5.74) is 0.887. The summed E-state index contributed by atoms with van der Waals surface area (Å²) in [7, 11) is 0. The zero-order valence-electron chi connectivity index (χ0n) is 12.0. The molecule has 0 radical (unpaired) electrons. The number of aromatic nitrogens is 1. The first kappa shape index (κ1) is 14.8. The molecule has 106 valence electrons. The van der Waals surface area contributed by atoms with Crippen LogP contribution < -0.4 is 5.32 Å². The number of amides is 1. The first-order valence-corrected chi connectivity index (χ1v) is 7.24. The van der Waals surface area contributed by atoms with Crippen LogP contribution in [0.15, 0.2) is 30.3 Å². The fourth-order valence-electron chi connectivity index (χ4n) is 2.01. The van der Waals surface area contributed by atoms with Gasteiger partial charge in [-0.05, 0) is 31.9 Å². The fourth-order valence-corrected chi connectivity index (χ4v) is 2.28. The normalized spacial score (nSPS) is 11.6. The van der Waals surface area contributed by atoms with Crippen molar-refractivity contribution in [1.82, 2.24) is 10.3 Å². The molecule has 1 amide bonds. The molecule has 0 bridgehead atoms. The largest absolute Gasteiger partial charge is 0.346 e. The first-order chi connectivity index (χ1) is 9.49. The van der Waals surface area contributed by atoms with Crippen molar-refractivity contribution in [3.8, 4) is 0 Å². The Morgan fingerprint density at radius 2 is 1.95 bits per heavy atom. The molecule has 0 aliphatic heterocycles. The molecule has 0 aliphatic carbocycles. The van der Waals surface area contributed by atoms with E-state index in [1.54, 1.807) is 6.07 Å². The molecular formula is C16H19ClN2O. The smallest absolute Gasteiger partial charge is 0.270 e. The molecular weight excluding hydrogens is 272 g/mol. The van der Waals surface area contributed by atoms with Gasteiger partial charge in [0.2, 0.25) is 0 Å². The number of carbonyl (C=O) groups excluding carboxylic acids is 1. The number of fused-ring (bicyclic) bond motifs is 1. The zero-order valence-corrected chi connectivity index (χ0v) is 12.8. The summed E-state index contributed by atoms with van der Waals surface area (Å²) in [5, 5.41) is 4.45. The van der Waals surface area contributed by atoms with Crippen LogP contribution in [0.4, 0.5) is 0 Å². The van der Waals surface area contributed by atoms with Gasteiger partial charge in [0.05, 0.1) is 10.5 Å². The molecule has 0 aliphatic rings. The molecule has 0 saturated heterocycles. The van der Waals surface area contributed by atoms with Crippen LogP contribution >= 0.6 is 11.6 Å². The summed E-state index contributed by atoms with van der Waals surface area (Å²) >= 11 is 6.23. The van der Waals surface area contributed by atoms with E-state index < -0.39 is 0 Å². The fraction of sp³-hybridized carbons (Fsp3) is 0.375. The molecule has 1 aromatic heterocycles. The highest BCUT2D eigenvalue weighted by molar-refractivity contribution is 6.35. The lowest BCUT2D eigenvalue weighted by molar-refractivity contribution is 0.0896. The third-order valence-corrected chi connectivity index (χ3v) is 4.19. The Morgan fingerprint density at radius 1 is 1.30 bits per heavy atom. The van der Waals surface area contributed by atoms with Gasteiger partial charge in [0.15, 0.2) is 0 Å². The maximum Gasteiger partial charge on any atom is 0.270 e. The second-order valence-corrected chi connectivity index (χ2v) is 5.64. The van der Waals surface area contributed by atoms with Crippen LogP contribution in [0, 0.1) is 0 Å². The zero-order chi connectivity index (χ0) is 14.8. The van der Waals surface area contributed by atoms with Gasteiger partial charge in [0.1, 0.15) is 5.69 Å². The van der Waals surface area contributed by atoms with Crippen molar-refractivity contribution in [1.29, 1.82) is 0 Å². The Labute approximate surface area is 124 Å². The van der Waals surface area contributed by atoms with Crippen LogP contribution in [-0.4, -0.2) is 16.4 Å². The van der Waals surface area contributed by atoms with Crippen LogP contribution in [0.3, 0.4) is 0 Å². The van der Waals surface area contributed by atoms with Crippen molar-refractivity contribution in [3.05, 3.63) is 41.0 Å². The van der Waals surface area contributed by atoms with Crippen molar-refractivity contribution in [2.75, 3.05) is 0 Å². The minimum Gasteiger partial charge on any atom is -0.346 e. The number of carbonyl (C=O) groups is 1. The Bertz CT molecular complexity index is 635. The first-order valence-electron chi connectivity index (χ1n) is 6.87. The lowest BCUT2D eigenvalue weighted by Crippen LogP contribution is -2.45. The Morgan fingerprint density at radius 3 is 2.60 bits per heavy atom. The molecule has 0 spiro atoms. The van der Waals surface area contributed by atoms with Crippen LogP contribution in [0.25, 0.3) is 10.9 Å². The van der Waals surface area contributed by atoms with Gasteiger partial charge in [-0.1, -0.05) is 43.6 Å². The van der Waals surface area contributed by atoms with Gasteiger partial charge in [0, 0.05) is 10.9 Å². The number of hydrogen-bond acceptors (Lipinski definition) is 2. The Hall–Kier alpha value is -1.61. The third-order valence-electron chi connectivity index (χ3n) is 3.87. The minimum atomic E-state index is -0.211. The van der Waals surface area contributed by atoms with Crippen molar-refractivity contribution < 1.29 is 4.79 Å². The molecule has 1 heterocycles. The lowest BCUT2D eigenvalue weighted by atomic mass is 9.95. The highest BCUT2D eigenvalue weighted by Crippen LogP contribution is 2.23. The van der Waals surface area contributed by atoms with Crippen LogP contribution in [0.1, 0.15) is 44.1 Å². The van der Waals surface area contributed by atoms with Gasteiger partial charge < -0.3 is 5.32 Å². The second-order valence-electron chi connectivity index (χ2n) is 5.23. The summed E-state index contributed by atoms with van der Waals surface area (Å²) in [6.07, 6.45) is 1.74. The monoisotopic (exact) mass is 290 g/mol. The van der Waals surface area contributed by atoms with Crippen LogP contribution in [0.5, 0.6) is 0 Å². The van der Waals surface area contributed by atoms with Crippen LogP contribution in [-0.2, 0) is 0 Å².